The van der Waals surface area contributed by atoms with Gasteiger partial charge in [-0.1, -0.05) is 84.0 Å². The minimum atomic E-state index is -2.75. The van der Waals surface area contributed by atoms with Gasteiger partial charge in [-0.15, -0.1) is 0 Å². The van der Waals surface area contributed by atoms with Gasteiger partial charge >= 0.3 is 17.8 Å². The van der Waals surface area contributed by atoms with Crippen LogP contribution in [0, 0.1) is 0 Å². The summed E-state index contributed by atoms with van der Waals surface area (Å²) in [6.07, 6.45) is -3.27. The molecule has 0 spiro atoms. The standard InChI is InChI=1S/C52H84N6O12Si2/c1-50(2,3)68-47(62)40(54-30-20-31-55-45(61)38(53)23-18-19-29-56-48(63)66-34-36-21-16-15-17-22-36)41(60)42-43(69-71(11,12)51(4,5)6)44(70-72(13,14)52(7,8)9)46(67-42)57-32-28-39(59)58(49(57)64)33-35-24-26-37(65-10)27-25-35/h15-17,21-22,24-28,32,38,40-44,46,54,60H,18-20,23,29-31,33-34,53H2,1-14H3,(H,55,61)(H,56,63)/t38-,40+,41-,42?,43-,44-,46-/m1/s1. The maximum Gasteiger partial charge on any atom is 0.407 e. The fourth-order valence-corrected chi connectivity index (χ4v) is 10.0. The first-order chi connectivity index (χ1) is 33.5. The van der Waals surface area contributed by atoms with Gasteiger partial charge in [0.15, 0.2) is 22.9 Å². The summed E-state index contributed by atoms with van der Waals surface area (Å²) in [6, 6.07) is 15.6. The first kappa shape index (κ1) is 59.9. The van der Waals surface area contributed by atoms with E-state index in [-0.39, 0.29) is 42.2 Å². The van der Waals surface area contributed by atoms with Gasteiger partial charge in [0.25, 0.3) is 5.56 Å². The Morgan fingerprint density at radius 2 is 1.38 bits per heavy atom. The fraction of sp³-hybridized carbons (Fsp3) is 0.635. The minimum absolute atomic E-state index is 0.0384. The number of aliphatic hydroxyl groups excluding tert-OH is 1. The third kappa shape index (κ3) is 16.9. The number of esters is 1. The van der Waals surface area contributed by atoms with E-state index in [1.165, 1.54) is 16.8 Å². The third-order valence-electron chi connectivity index (χ3n) is 13.7. The molecule has 1 aliphatic rings. The van der Waals surface area contributed by atoms with E-state index in [9.17, 15) is 29.1 Å². The second kappa shape index (κ2) is 25.5. The van der Waals surface area contributed by atoms with Crippen LogP contribution < -0.4 is 37.7 Å². The number of alkyl carbamates (subject to hydrolysis) is 1. The second-order valence-corrected chi connectivity index (χ2v) is 32.2. The highest BCUT2D eigenvalue weighted by Crippen LogP contribution is 2.46. The van der Waals surface area contributed by atoms with Gasteiger partial charge < -0.3 is 54.6 Å². The van der Waals surface area contributed by atoms with Crippen molar-refractivity contribution in [3.05, 3.63) is 98.8 Å². The molecule has 1 aliphatic heterocycles. The van der Waals surface area contributed by atoms with Crippen molar-refractivity contribution in [3.8, 4) is 5.75 Å². The molecule has 72 heavy (non-hydrogen) atoms. The Hall–Kier alpha value is -4.68. The molecule has 18 nitrogen and oxygen atoms in total. The Morgan fingerprint density at radius 1 is 0.778 bits per heavy atom. The first-order valence-electron chi connectivity index (χ1n) is 25.0. The lowest BCUT2D eigenvalue weighted by Gasteiger charge is -2.44. The molecule has 20 heteroatoms. The topological polar surface area (TPSA) is 233 Å². The summed E-state index contributed by atoms with van der Waals surface area (Å²) in [4.78, 5) is 67.3. The van der Waals surface area contributed by atoms with Crippen molar-refractivity contribution in [1.82, 2.24) is 25.1 Å². The summed E-state index contributed by atoms with van der Waals surface area (Å²) < 4.78 is 40.2. The number of carbonyl (C=O) groups is 3. The van der Waals surface area contributed by atoms with Crippen LogP contribution in [0.25, 0.3) is 0 Å². The summed E-state index contributed by atoms with van der Waals surface area (Å²) in [5, 5.41) is 20.8. The zero-order valence-electron chi connectivity index (χ0n) is 45.2. The molecule has 0 bridgehead atoms. The summed E-state index contributed by atoms with van der Waals surface area (Å²) in [5.74, 6) is -0.465. The molecule has 402 valence electrons. The number of nitrogens with two attached hydrogens (primary N) is 1. The number of nitrogens with one attached hydrogen (secondary N) is 3. The number of benzene rings is 2. The lowest BCUT2D eigenvalue weighted by Crippen LogP contribution is -2.59. The van der Waals surface area contributed by atoms with Crippen molar-refractivity contribution in [1.29, 1.82) is 0 Å². The van der Waals surface area contributed by atoms with Crippen LogP contribution in [-0.4, -0.2) is 118 Å². The monoisotopic (exact) mass is 1040 g/mol. The van der Waals surface area contributed by atoms with Crippen LogP contribution in [0.4, 0.5) is 4.79 Å². The molecule has 1 saturated heterocycles. The number of nitrogens with zero attached hydrogens (tertiary/aromatic N) is 2. The number of unbranched alkanes of at least 4 members (excludes halogenated alkanes) is 1. The number of aliphatic hydroxyl groups is 1. The summed E-state index contributed by atoms with van der Waals surface area (Å²) in [7, 11) is -3.93. The maximum atomic E-state index is 14.6. The first-order valence-corrected chi connectivity index (χ1v) is 30.9. The predicted octanol–water partition coefficient (Wildman–Crippen LogP) is 6.34. The molecular weight excluding hydrogens is 957 g/mol. The summed E-state index contributed by atoms with van der Waals surface area (Å²) in [5.41, 5.74) is 5.68. The van der Waals surface area contributed by atoms with Crippen molar-refractivity contribution < 1.29 is 47.3 Å². The molecule has 0 radical (unpaired) electrons. The minimum Gasteiger partial charge on any atom is -0.497 e. The van der Waals surface area contributed by atoms with Gasteiger partial charge in [0.2, 0.25) is 5.91 Å². The Morgan fingerprint density at radius 3 is 1.96 bits per heavy atom. The Balaban J connectivity index is 1.57. The van der Waals surface area contributed by atoms with Gasteiger partial charge in [-0.3, -0.25) is 23.5 Å². The molecule has 0 saturated carbocycles. The molecule has 6 N–H and O–H groups in total. The Labute approximate surface area is 428 Å². The lowest BCUT2D eigenvalue weighted by molar-refractivity contribution is -0.166. The zero-order valence-corrected chi connectivity index (χ0v) is 47.2. The molecule has 3 aromatic rings. The number of rotatable bonds is 24. The van der Waals surface area contributed by atoms with Crippen molar-refractivity contribution >= 4 is 34.6 Å². The fourth-order valence-electron chi connectivity index (χ4n) is 7.41. The highest BCUT2D eigenvalue weighted by Gasteiger charge is 2.58. The lowest BCUT2D eigenvalue weighted by atomic mass is 9.99. The van der Waals surface area contributed by atoms with Crippen LogP contribution in [0.3, 0.4) is 0 Å². The molecule has 7 atom stereocenters. The van der Waals surface area contributed by atoms with E-state index < -0.39 is 88.3 Å². The zero-order chi connectivity index (χ0) is 53.8. The molecule has 4 rings (SSSR count). The number of aromatic nitrogens is 2. The molecule has 0 aliphatic carbocycles. The van der Waals surface area contributed by atoms with Crippen LogP contribution in [0.2, 0.25) is 36.3 Å². The second-order valence-electron chi connectivity index (χ2n) is 22.6. The highest BCUT2D eigenvalue weighted by atomic mass is 28.4. The van der Waals surface area contributed by atoms with E-state index in [4.69, 9.17) is 33.5 Å². The Kier molecular flexibility index (Phi) is 21.2. The van der Waals surface area contributed by atoms with Gasteiger partial charge in [0.05, 0.1) is 19.7 Å². The molecule has 1 fully saturated rings. The van der Waals surface area contributed by atoms with E-state index in [0.717, 1.165) is 10.1 Å². The smallest absolute Gasteiger partial charge is 0.407 e. The van der Waals surface area contributed by atoms with E-state index in [1.54, 1.807) is 52.1 Å². The number of ether oxygens (including phenoxy) is 4. The van der Waals surface area contributed by atoms with E-state index in [1.807, 2.05) is 30.3 Å². The van der Waals surface area contributed by atoms with Crippen LogP contribution in [0.15, 0.2) is 76.4 Å². The van der Waals surface area contributed by atoms with Gasteiger partial charge in [0.1, 0.15) is 48.4 Å². The molecule has 1 aromatic heterocycles. The van der Waals surface area contributed by atoms with E-state index in [2.05, 4.69) is 83.7 Å². The highest BCUT2D eigenvalue weighted by molar-refractivity contribution is 6.74. The molecule has 2 amide bonds. The van der Waals surface area contributed by atoms with Crippen LogP contribution in [0.5, 0.6) is 5.75 Å². The van der Waals surface area contributed by atoms with Crippen LogP contribution in [0.1, 0.15) is 105 Å². The number of amides is 2. The number of hydrogen-bond donors (Lipinski definition) is 5. The molecule has 2 aromatic carbocycles. The average molecular weight is 1040 g/mol. The van der Waals surface area contributed by atoms with Gasteiger partial charge in [-0.05, 0) is 113 Å². The molecule has 1 unspecified atom stereocenters. The number of hydrogen-bond acceptors (Lipinski definition) is 14. The Bertz CT molecular complexity index is 2340. The number of methoxy groups -OCH3 is 1. The maximum absolute atomic E-state index is 14.6. The van der Waals surface area contributed by atoms with E-state index >= 15 is 0 Å². The third-order valence-corrected chi connectivity index (χ3v) is 22.6. The van der Waals surface area contributed by atoms with Crippen molar-refractivity contribution in [2.24, 2.45) is 5.73 Å². The van der Waals surface area contributed by atoms with Crippen LogP contribution >= 0.6 is 0 Å². The van der Waals surface area contributed by atoms with Gasteiger partial charge in [-0.25, -0.2) is 9.59 Å². The molecular formula is C52H84N6O12Si2. The number of carbonyl (C=O) groups excluding carboxylic acids is 3. The predicted molar refractivity (Wildman–Crippen MR) is 283 cm³/mol. The van der Waals surface area contributed by atoms with Gasteiger partial charge in [0, 0.05) is 25.4 Å². The normalized spacial score (nSPS) is 19.0. The average Bonchev–Trinajstić information content (AvgIpc) is 3.62. The van der Waals surface area contributed by atoms with Crippen molar-refractivity contribution in [3.63, 3.8) is 0 Å². The summed E-state index contributed by atoms with van der Waals surface area (Å²) >= 11 is 0. The molecule has 2 heterocycles. The van der Waals surface area contributed by atoms with Crippen molar-refractivity contribution in [2.75, 3.05) is 26.7 Å². The summed E-state index contributed by atoms with van der Waals surface area (Å²) in [6.45, 7) is 26.9. The SMILES string of the molecule is COc1ccc(Cn2c(=O)ccn([C@@H]3OC([C@H](O)[C@H](NCCCNC(=O)[C@H](N)CCCCNC(=O)OCc4ccccc4)C(=O)OC(C)(C)C)[C@@H](O[Si](C)(C)C(C)(C)C)[C@H]3O[Si](C)(C)C(C)(C)C)c2=O)cc1. The van der Waals surface area contributed by atoms with Crippen molar-refractivity contribution in [2.45, 2.75) is 186 Å². The largest absolute Gasteiger partial charge is 0.497 e. The van der Waals surface area contributed by atoms with Gasteiger partial charge in [-0.2, -0.15) is 0 Å². The quantitative estimate of drug-likeness (QED) is 0.0375. The van der Waals surface area contributed by atoms with E-state index in [0.29, 0.717) is 43.5 Å². The van der Waals surface area contributed by atoms with Crippen LogP contribution in [-0.2, 0) is 45.8 Å².